The smallest absolute Gasteiger partial charge is 0.305 e. The maximum Gasteiger partial charge on any atom is 0.305 e. The summed E-state index contributed by atoms with van der Waals surface area (Å²) in [4.78, 5) is 23.3. The molecule has 0 amide bonds. The van der Waals surface area contributed by atoms with E-state index in [2.05, 4.69) is 4.74 Å². The van der Waals surface area contributed by atoms with Crippen molar-refractivity contribution in [1.82, 2.24) is 0 Å². The van der Waals surface area contributed by atoms with Gasteiger partial charge in [0.2, 0.25) is 0 Å². The Morgan fingerprint density at radius 2 is 1.59 bits per heavy atom. The van der Waals surface area contributed by atoms with Gasteiger partial charge in [-0.1, -0.05) is 54.6 Å². The van der Waals surface area contributed by atoms with Crippen molar-refractivity contribution in [2.24, 2.45) is 0 Å². The molecule has 0 spiro atoms. The second-order valence-electron chi connectivity index (χ2n) is 5.21. The maximum atomic E-state index is 12.2. The SMILES string of the molecule is COC(=O)CCCc1ccc(C(=O)Cc2ccccc2)cc1. The Labute approximate surface area is 130 Å². The second kappa shape index (κ2) is 8.13. The highest BCUT2D eigenvalue weighted by atomic mass is 16.5. The minimum absolute atomic E-state index is 0.118. The van der Waals surface area contributed by atoms with Crippen LogP contribution in [0, 0.1) is 0 Å². The summed E-state index contributed by atoms with van der Waals surface area (Å²) < 4.78 is 4.61. The molecule has 0 heterocycles. The van der Waals surface area contributed by atoms with E-state index in [0.717, 1.165) is 29.5 Å². The molecule has 0 aromatic heterocycles. The summed E-state index contributed by atoms with van der Waals surface area (Å²) in [6.45, 7) is 0. The van der Waals surface area contributed by atoms with Crippen LogP contribution in [-0.2, 0) is 22.4 Å². The maximum absolute atomic E-state index is 12.2. The van der Waals surface area contributed by atoms with E-state index < -0.39 is 0 Å². The number of ketones is 1. The molecule has 2 aromatic rings. The minimum atomic E-state index is -0.186. The first-order chi connectivity index (χ1) is 10.7. The van der Waals surface area contributed by atoms with Crippen LogP contribution >= 0.6 is 0 Å². The van der Waals surface area contributed by atoms with Gasteiger partial charge < -0.3 is 4.74 Å². The first-order valence-corrected chi connectivity index (χ1v) is 7.42. The van der Waals surface area contributed by atoms with Gasteiger partial charge in [0.1, 0.15) is 0 Å². The van der Waals surface area contributed by atoms with Crippen molar-refractivity contribution in [2.75, 3.05) is 7.11 Å². The molecule has 0 aliphatic heterocycles. The van der Waals surface area contributed by atoms with Crippen LogP contribution in [-0.4, -0.2) is 18.9 Å². The largest absolute Gasteiger partial charge is 0.469 e. The van der Waals surface area contributed by atoms with Crippen molar-refractivity contribution in [3.05, 3.63) is 71.3 Å². The number of rotatable bonds is 7. The number of esters is 1. The molecular formula is C19H20O3. The number of carbonyl (C=O) groups excluding carboxylic acids is 2. The van der Waals surface area contributed by atoms with Gasteiger partial charge in [-0.3, -0.25) is 9.59 Å². The van der Waals surface area contributed by atoms with Crippen molar-refractivity contribution in [1.29, 1.82) is 0 Å². The first-order valence-electron chi connectivity index (χ1n) is 7.42. The molecule has 2 rings (SSSR count). The molecule has 0 fully saturated rings. The summed E-state index contributed by atoms with van der Waals surface area (Å²) in [6.07, 6.45) is 2.40. The van der Waals surface area contributed by atoms with Gasteiger partial charge in [0, 0.05) is 18.4 Å². The lowest BCUT2D eigenvalue weighted by atomic mass is 10.0. The van der Waals surface area contributed by atoms with Crippen LogP contribution < -0.4 is 0 Å². The van der Waals surface area contributed by atoms with Gasteiger partial charge >= 0.3 is 5.97 Å². The quantitative estimate of drug-likeness (QED) is 0.579. The van der Waals surface area contributed by atoms with Crippen LogP contribution in [0.25, 0.3) is 0 Å². The van der Waals surface area contributed by atoms with Crippen molar-refractivity contribution in [3.8, 4) is 0 Å². The van der Waals surface area contributed by atoms with E-state index in [1.54, 1.807) is 0 Å². The molecule has 22 heavy (non-hydrogen) atoms. The van der Waals surface area contributed by atoms with E-state index in [9.17, 15) is 9.59 Å². The molecule has 0 atom stereocenters. The average Bonchev–Trinajstić information content (AvgIpc) is 2.56. The monoisotopic (exact) mass is 296 g/mol. The molecule has 0 bridgehead atoms. The number of hydrogen-bond acceptors (Lipinski definition) is 3. The van der Waals surface area contributed by atoms with Crippen LogP contribution in [0.5, 0.6) is 0 Å². The van der Waals surface area contributed by atoms with Crippen molar-refractivity contribution in [2.45, 2.75) is 25.7 Å². The van der Waals surface area contributed by atoms with Crippen LogP contribution in [0.3, 0.4) is 0 Å². The lowest BCUT2D eigenvalue weighted by molar-refractivity contribution is -0.140. The van der Waals surface area contributed by atoms with Crippen molar-refractivity contribution in [3.63, 3.8) is 0 Å². The van der Waals surface area contributed by atoms with E-state index in [4.69, 9.17) is 0 Å². The van der Waals surface area contributed by atoms with Crippen molar-refractivity contribution < 1.29 is 14.3 Å². The zero-order valence-corrected chi connectivity index (χ0v) is 12.7. The third-order valence-corrected chi connectivity index (χ3v) is 3.56. The molecule has 2 aromatic carbocycles. The van der Waals surface area contributed by atoms with Crippen LogP contribution in [0.4, 0.5) is 0 Å². The molecule has 0 unspecified atom stereocenters. The number of aryl methyl sites for hydroxylation is 1. The third kappa shape index (κ3) is 4.85. The molecule has 114 valence electrons. The molecule has 0 N–H and O–H groups in total. The minimum Gasteiger partial charge on any atom is -0.469 e. The Morgan fingerprint density at radius 1 is 0.909 bits per heavy atom. The Bertz CT molecular complexity index is 615. The Balaban J connectivity index is 1.88. The second-order valence-corrected chi connectivity index (χ2v) is 5.21. The fraction of sp³-hybridized carbons (Fsp3) is 0.263. The fourth-order valence-corrected chi connectivity index (χ4v) is 2.28. The predicted octanol–water partition coefficient (Wildman–Crippen LogP) is 3.61. The van der Waals surface area contributed by atoms with Crippen LogP contribution in [0.1, 0.15) is 34.3 Å². The topological polar surface area (TPSA) is 43.4 Å². The predicted molar refractivity (Wildman–Crippen MR) is 85.9 cm³/mol. The molecule has 0 saturated carbocycles. The number of methoxy groups -OCH3 is 1. The van der Waals surface area contributed by atoms with Crippen molar-refractivity contribution >= 4 is 11.8 Å². The van der Waals surface area contributed by atoms with Gasteiger partial charge in [0.25, 0.3) is 0 Å². The fourth-order valence-electron chi connectivity index (χ4n) is 2.28. The standard InChI is InChI=1S/C19H20O3/c1-22-19(21)9-5-8-15-10-12-17(13-11-15)18(20)14-16-6-3-2-4-7-16/h2-4,6-7,10-13H,5,8-9,14H2,1H3. The Hall–Kier alpha value is -2.42. The van der Waals surface area contributed by atoms with E-state index >= 15 is 0 Å². The van der Waals surface area contributed by atoms with E-state index in [-0.39, 0.29) is 11.8 Å². The van der Waals surface area contributed by atoms with Gasteiger partial charge in [0.05, 0.1) is 7.11 Å². The molecule has 0 aliphatic rings. The molecular weight excluding hydrogens is 276 g/mol. The highest BCUT2D eigenvalue weighted by Crippen LogP contribution is 2.11. The zero-order valence-electron chi connectivity index (χ0n) is 12.7. The normalized spacial score (nSPS) is 10.2. The molecule has 3 nitrogen and oxygen atoms in total. The summed E-state index contributed by atoms with van der Waals surface area (Å²) in [5.41, 5.74) is 2.87. The lowest BCUT2D eigenvalue weighted by Crippen LogP contribution is -2.04. The summed E-state index contributed by atoms with van der Waals surface area (Å²) in [7, 11) is 1.40. The van der Waals surface area contributed by atoms with Crippen LogP contribution in [0.2, 0.25) is 0 Å². The zero-order chi connectivity index (χ0) is 15.8. The van der Waals surface area contributed by atoms with E-state index in [0.29, 0.717) is 12.8 Å². The summed E-state index contributed by atoms with van der Waals surface area (Å²) in [6, 6.07) is 17.4. The number of ether oxygens (including phenoxy) is 1. The Morgan fingerprint density at radius 3 is 2.23 bits per heavy atom. The van der Waals surface area contributed by atoms with E-state index in [1.807, 2.05) is 54.6 Å². The van der Waals surface area contributed by atoms with E-state index in [1.165, 1.54) is 7.11 Å². The highest BCUT2D eigenvalue weighted by Gasteiger charge is 2.07. The highest BCUT2D eigenvalue weighted by molar-refractivity contribution is 5.97. The van der Waals surface area contributed by atoms with Gasteiger partial charge in [-0.2, -0.15) is 0 Å². The van der Waals surface area contributed by atoms with Gasteiger partial charge in [-0.15, -0.1) is 0 Å². The summed E-state index contributed by atoms with van der Waals surface area (Å²) in [5.74, 6) is -0.0676. The molecule has 0 aliphatic carbocycles. The number of hydrogen-bond donors (Lipinski definition) is 0. The van der Waals surface area contributed by atoms with Gasteiger partial charge in [-0.05, 0) is 24.0 Å². The Kier molecular flexibility index (Phi) is 5.90. The number of Topliss-reactive ketones (excluding diaryl/α,β-unsaturated/α-hetero) is 1. The van der Waals surface area contributed by atoms with Gasteiger partial charge in [0.15, 0.2) is 5.78 Å². The average molecular weight is 296 g/mol. The first kappa shape index (κ1) is 16.0. The summed E-state index contributed by atoms with van der Waals surface area (Å²) >= 11 is 0. The van der Waals surface area contributed by atoms with Gasteiger partial charge in [-0.25, -0.2) is 0 Å². The lowest BCUT2D eigenvalue weighted by Gasteiger charge is -2.04. The molecule has 3 heteroatoms. The molecule has 0 radical (unpaired) electrons. The third-order valence-electron chi connectivity index (χ3n) is 3.56. The number of carbonyl (C=O) groups is 2. The summed E-state index contributed by atoms with van der Waals surface area (Å²) in [5, 5.41) is 0. The molecule has 0 saturated heterocycles. The number of benzene rings is 2. The van der Waals surface area contributed by atoms with Crippen LogP contribution in [0.15, 0.2) is 54.6 Å².